The Kier molecular flexibility index (Phi) is 6.20. The number of hydrogen-bond acceptors (Lipinski definition) is 2. The molecule has 1 aromatic carbocycles. The summed E-state index contributed by atoms with van der Waals surface area (Å²) in [7, 11) is -1.87. The molecule has 0 heterocycles. The molecule has 3 heteroatoms. The van der Waals surface area contributed by atoms with E-state index in [4.69, 9.17) is 4.43 Å². The van der Waals surface area contributed by atoms with Crippen molar-refractivity contribution in [1.29, 1.82) is 0 Å². The minimum Gasteiger partial charge on any atom is -0.411 e. The Bertz CT molecular complexity index is 421. The van der Waals surface area contributed by atoms with Crippen LogP contribution in [-0.2, 0) is 10.8 Å². The highest BCUT2D eigenvalue weighted by Crippen LogP contribution is 2.38. The van der Waals surface area contributed by atoms with Gasteiger partial charge in [0.15, 0.2) is 8.32 Å². The molecule has 0 radical (unpaired) electrons. The van der Waals surface area contributed by atoms with Gasteiger partial charge in [0.05, 0.1) is 12.2 Å². The van der Waals surface area contributed by atoms with E-state index in [1.165, 1.54) is 0 Å². The summed E-state index contributed by atoms with van der Waals surface area (Å²) in [6.07, 6.45) is 0.0887. The van der Waals surface area contributed by atoms with Crippen molar-refractivity contribution in [3.63, 3.8) is 0 Å². The van der Waals surface area contributed by atoms with Gasteiger partial charge in [-0.2, -0.15) is 0 Å². The topological polar surface area (TPSA) is 29.5 Å². The maximum atomic E-state index is 10.7. The lowest BCUT2D eigenvalue weighted by molar-refractivity contribution is 0.00108. The van der Waals surface area contributed by atoms with Gasteiger partial charge in [-0.1, -0.05) is 65.0 Å². The van der Waals surface area contributed by atoms with Crippen LogP contribution in [0.2, 0.25) is 18.1 Å². The molecule has 0 saturated heterocycles. The minimum absolute atomic E-state index is 0.105. The minimum atomic E-state index is -1.87. The zero-order chi connectivity index (χ0) is 16.3. The van der Waals surface area contributed by atoms with Crippen LogP contribution in [0.3, 0.4) is 0 Å². The van der Waals surface area contributed by atoms with Crippen LogP contribution in [0, 0.1) is 5.92 Å². The third-order valence-electron chi connectivity index (χ3n) is 4.56. The van der Waals surface area contributed by atoms with E-state index in [9.17, 15) is 5.11 Å². The lowest BCUT2D eigenvalue weighted by Gasteiger charge is -2.42. The van der Waals surface area contributed by atoms with E-state index >= 15 is 0 Å². The summed E-state index contributed by atoms with van der Waals surface area (Å²) < 4.78 is 6.49. The van der Waals surface area contributed by atoms with Gasteiger partial charge in [0, 0.05) is 6.42 Å². The average Bonchev–Trinajstić information content (AvgIpc) is 2.35. The summed E-state index contributed by atoms with van der Waals surface area (Å²) in [5, 5.41) is 10.8. The predicted molar refractivity (Wildman–Crippen MR) is 93.1 cm³/mol. The summed E-state index contributed by atoms with van der Waals surface area (Å²) in [5.74, 6) is 0.304. The van der Waals surface area contributed by atoms with Crippen LogP contribution in [0.5, 0.6) is 0 Å². The van der Waals surface area contributed by atoms with Crippen LogP contribution < -0.4 is 0 Å². The fourth-order valence-corrected chi connectivity index (χ4v) is 3.61. The van der Waals surface area contributed by atoms with Crippen molar-refractivity contribution < 1.29 is 9.53 Å². The second kappa shape index (κ2) is 7.08. The molecule has 0 amide bonds. The van der Waals surface area contributed by atoms with Crippen molar-refractivity contribution in [3.05, 3.63) is 35.9 Å². The smallest absolute Gasteiger partial charge is 0.192 e. The molecule has 1 aromatic rings. The molecule has 0 unspecified atom stereocenters. The van der Waals surface area contributed by atoms with E-state index in [-0.39, 0.29) is 11.1 Å². The van der Waals surface area contributed by atoms with Gasteiger partial charge in [-0.3, -0.25) is 0 Å². The number of rotatable bonds is 6. The number of aliphatic hydroxyl groups is 1. The highest BCUT2D eigenvalue weighted by molar-refractivity contribution is 6.74. The molecule has 0 bridgehead atoms. The van der Waals surface area contributed by atoms with E-state index in [1.807, 2.05) is 18.2 Å². The molecule has 2 nitrogen and oxygen atoms in total. The van der Waals surface area contributed by atoms with E-state index in [2.05, 4.69) is 59.8 Å². The molecule has 0 fully saturated rings. The van der Waals surface area contributed by atoms with E-state index in [0.29, 0.717) is 12.3 Å². The van der Waals surface area contributed by atoms with Gasteiger partial charge in [0.25, 0.3) is 0 Å². The number of aliphatic hydroxyl groups excluding tert-OH is 1. The summed E-state index contributed by atoms with van der Waals surface area (Å²) in [6.45, 7) is 15.5. The fourth-order valence-electron chi connectivity index (χ4n) is 2.15. The second-order valence-electron chi connectivity index (χ2n) is 7.84. The summed E-state index contributed by atoms with van der Waals surface area (Å²) in [4.78, 5) is 0. The quantitative estimate of drug-likeness (QED) is 0.776. The number of benzene rings is 1. The normalized spacial score (nSPS) is 16.0. The van der Waals surface area contributed by atoms with Crippen molar-refractivity contribution >= 4 is 8.32 Å². The lowest BCUT2D eigenvalue weighted by Crippen LogP contribution is -2.49. The molecule has 2 atom stereocenters. The summed E-state index contributed by atoms with van der Waals surface area (Å²) in [5.41, 5.74) is 1.16. The summed E-state index contributed by atoms with van der Waals surface area (Å²) in [6, 6.07) is 10.2. The van der Waals surface area contributed by atoms with Gasteiger partial charge >= 0.3 is 0 Å². The average molecular weight is 309 g/mol. The molecule has 21 heavy (non-hydrogen) atoms. The highest BCUT2D eigenvalue weighted by Gasteiger charge is 2.41. The molecule has 0 aliphatic heterocycles. The first-order chi connectivity index (χ1) is 9.54. The van der Waals surface area contributed by atoms with Crippen molar-refractivity contribution in [2.24, 2.45) is 5.92 Å². The molecule has 120 valence electrons. The van der Waals surface area contributed by atoms with Crippen LogP contribution in [-0.4, -0.2) is 25.6 Å². The standard InChI is InChI=1S/C18H32O2Si/c1-14(2)17(20-21(6,7)18(3,4)5)16(19)13-15-11-9-8-10-12-15/h8-12,14,16-17,19H,13H2,1-7H3/t16-,17+/m1/s1. The molecular weight excluding hydrogens is 276 g/mol. The first-order valence-electron chi connectivity index (χ1n) is 7.94. The van der Waals surface area contributed by atoms with Crippen LogP contribution in [0.1, 0.15) is 40.2 Å². The zero-order valence-electron chi connectivity index (χ0n) is 14.7. The molecule has 0 aromatic heterocycles. The van der Waals surface area contributed by atoms with E-state index < -0.39 is 14.4 Å². The van der Waals surface area contributed by atoms with Crippen molar-refractivity contribution in [2.45, 2.75) is 71.4 Å². The molecule has 0 saturated carbocycles. The van der Waals surface area contributed by atoms with Crippen molar-refractivity contribution in [1.82, 2.24) is 0 Å². The largest absolute Gasteiger partial charge is 0.411 e. The van der Waals surface area contributed by atoms with Gasteiger partial charge in [0.1, 0.15) is 0 Å². The van der Waals surface area contributed by atoms with Gasteiger partial charge in [-0.25, -0.2) is 0 Å². The Balaban J connectivity index is 2.82. The molecule has 1 rings (SSSR count). The Morgan fingerprint density at radius 3 is 2.05 bits per heavy atom. The third kappa shape index (κ3) is 5.24. The Morgan fingerprint density at radius 2 is 1.62 bits per heavy atom. The van der Waals surface area contributed by atoms with Crippen LogP contribution in [0.4, 0.5) is 0 Å². The second-order valence-corrected chi connectivity index (χ2v) is 12.6. The Labute approximate surface area is 131 Å². The predicted octanol–water partition coefficient (Wildman–Crippen LogP) is 4.64. The van der Waals surface area contributed by atoms with Gasteiger partial charge < -0.3 is 9.53 Å². The first kappa shape index (κ1) is 18.4. The molecular formula is C18H32O2Si. The zero-order valence-corrected chi connectivity index (χ0v) is 15.7. The van der Waals surface area contributed by atoms with Gasteiger partial charge in [-0.15, -0.1) is 0 Å². The monoisotopic (exact) mass is 308 g/mol. The SMILES string of the molecule is CC(C)[C@H](O[Si](C)(C)C(C)(C)C)[C@H](O)Cc1ccccc1. The van der Waals surface area contributed by atoms with Crippen LogP contribution in [0.15, 0.2) is 30.3 Å². The van der Waals surface area contributed by atoms with E-state index in [1.54, 1.807) is 0 Å². The van der Waals surface area contributed by atoms with E-state index in [0.717, 1.165) is 5.56 Å². The Hall–Kier alpha value is -0.643. The molecule has 0 spiro atoms. The summed E-state index contributed by atoms with van der Waals surface area (Å²) >= 11 is 0. The van der Waals surface area contributed by atoms with Crippen molar-refractivity contribution in [2.75, 3.05) is 0 Å². The molecule has 0 aliphatic rings. The highest BCUT2D eigenvalue weighted by atomic mass is 28.4. The Morgan fingerprint density at radius 1 is 1.10 bits per heavy atom. The van der Waals surface area contributed by atoms with Gasteiger partial charge in [0.2, 0.25) is 0 Å². The van der Waals surface area contributed by atoms with Crippen LogP contribution in [0.25, 0.3) is 0 Å². The number of hydrogen-bond donors (Lipinski definition) is 1. The van der Waals surface area contributed by atoms with Crippen molar-refractivity contribution in [3.8, 4) is 0 Å². The first-order valence-corrected chi connectivity index (χ1v) is 10.9. The fraction of sp³-hybridized carbons (Fsp3) is 0.667. The maximum Gasteiger partial charge on any atom is 0.192 e. The third-order valence-corrected chi connectivity index (χ3v) is 9.03. The van der Waals surface area contributed by atoms with Crippen LogP contribution >= 0.6 is 0 Å². The maximum absolute atomic E-state index is 10.7. The lowest BCUT2D eigenvalue weighted by atomic mass is 9.96. The molecule has 1 N–H and O–H groups in total. The molecule has 0 aliphatic carbocycles. The van der Waals surface area contributed by atoms with Gasteiger partial charge in [-0.05, 0) is 29.6 Å².